The number of nitrogens with one attached hydrogen (secondary N) is 1. The second-order valence-electron chi connectivity index (χ2n) is 5.10. The van der Waals surface area contributed by atoms with Crippen LogP contribution in [-0.4, -0.2) is 11.5 Å². The third-order valence-corrected chi connectivity index (χ3v) is 3.62. The summed E-state index contributed by atoms with van der Waals surface area (Å²) in [5.41, 5.74) is 3.94. The lowest BCUT2D eigenvalue weighted by atomic mass is 9.96. The third kappa shape index (κ3) is 3.42. The summed E-state index contributed by atoms with van der Waals surface area (Å²) >= 11 is 0. The standard InChI is InChI=1S/C16H24N2/c1-3-17-16(14-8-6-4-5-7-9-14)15-11-10-13(2)18-12-15/h8,10-12,16-17H,3-7,9H2,1-2H3. The highest BCUT2D eigenvalue weighted by atomic mass is 14.9. The molecular weight excluding hydrogens is 220 g/mol. The molecule has 0 amide bonds. The smallest absolute Gasteiger partial charge is 0.0551 e. The van der Waals surface area contributed by atoms with Crippen LogP contribution in [0.25, 0.3) is 0 Å². The molecule has 0 fully saturated rings. The maximum atomic E-state index is 4.43. The van der Waals surface area contributed by atoms with Gasteiger partial charge in [-0.15, -0.1) is 0 Å². The predicted molar refractivity (Wildman–Crippen MR) is 76.6 cm³/mol. The highest BCUT2D eigenvalue weighted by molar-refractivity contribution is 5.27. The summed E-state index contributed by atoms with van der Waals surface area (Å²) in [5.74, 6) is 0. The third-order valence-electron chi connectivity index (χ3n) is 3.62. The number of nitrogens with zero attached hydrogens (tertiary/aromatic N) is 1. The molecule has 0 bridgehead atoms. The molecule has 1 aliphatic rings. The number of hydrogen-bond acceptors (Lipinski definition) is 2. The van der Waals surface area contributed by atoms with E-state index in [1.807, 2.05) is 13.1 Å². The van der Waals surface area contributed by atoms with Crippen molar-refractivity contribution in [2.45, 2.75) is 52.0 Å². The van der Waals surface area contributed by atoms with Crippen LogP contribution in [-0.2, 0) is 0 Å². The molecule has 1 N–H and O–H groups in total. The second-order valence-corrected chi connectivity index (χ2v) is 5.10. The fourth-order valence-corrected chi connectivity index (χ4v) is 2.62. The van der Waals surface area contributed by atoms with Gasteiger partial charge >= 0.3 is 0 Å². The topological polar surface area (TPSA) is 24.9 Å². The lowest BCUT2D eigenvalue weighted by Gasteiger charge is -2.21. The van der Waals surface area contributed by atoms with Gasteiger partial charge in [0.1, 0.15) is 0 Å². The van der Waals surface area contributed by atoms with E-state index < -0.39 is 0 Å². The van der Waals surface area contributed by atoms with Crippen molar-refractivity contribution in [1.82, 2.24) is 10.3 Å². The Bertz CT molecular complexity index is 392. The number of pyridine rings is 1. The van der Waals surface area contributed by atoms with E-state index in [4.69, 9.17) is 0 Å². The Morgan fingerprint density at radius 1 is 1.28 bits per heavy atom. The van der Waals surface area contributed by atoms with Gasteiger partial charge in [-0.05, 0) is 50.8 Å². The first-order chi connectivity index (χ1) is 8.81. The molecule has 0 aliphatic heterocycles. The molecule has 0 saturated heterocycles. The number of aryl methyl sites for hydroxylation is 1. The highest BCUT2D eigenvalue weighted by Crippen LogP contribution is 2.28. The summed E-state index contributed by atoms with van der Waals surface area (Å²) in [4.78, 5) is 4.43. The van der Waals surface area contributed by atoms with E-state index in [0.717, 1.165) is 12.2 Å². The summed E-state index contributed by atoms with van der Waals surface area (Å²) in [7, 11) is 0. The van der Waals surface area contributed by atoms with Crippen molar-refractivity contribution in [1.29, 1.82) is 0 Å². The van der Waals surface area contributed by atoms with Gasteiger partial charge in [-0.3, -0.25) is 4.98 Å². The van der Waals surface area contributed by atoms with Gasteiger partial charge in [0.15, 0.2) is 0 Å². The van der Waals surface area contributed by atoms with Crippen LogP contribution in [0, 0.1) is 6.92 Å². The van der Waals surface area contributed by atoms with Crippen LogP contribution in [0.3, 0.4) is 0 Å². The molecule has 0 spiro atoms. The minimum Gasteiger partial charge on any atom is -0.307 e. The fraction of sp³-hybridized carbons (Fsp3) is 0.562. The Morgan fingerprint density at radius 2 is 2.17 bits per heavy atom. The van der Waals surface area contributed by atoms with Crippen LogP contribution in [0.5, 0.6) is 0 Å². The average Bonchev–Trinajstić information content (AvgIpc) is 2.66. The van der Waals surface area contributed by atoms with Gasteiger partial charge in [0.25, 0.3) is 0 Å². The monoisotopic (exact) mass is 244 g/mol. The van der Waals surface area contributed by atoms with Gasteiger partial charge < -0.3 is 5.32 Å². The predicted octanol–water partition coefficient (Wildman–Crippen LogP) is 3.93. The van der Waals surface area contributed by atoms with Crippen molar-refractivity contribution in [3.63, 3.8) is 0 Å². The first kappa shape index (κ1) is 13.3. The number of likely N-dealkylation sites (N-methyl/N-ethyl adjacent to an activating group) is 1. The summed E-state index contributed by atoms with van der Waals surface area (Å²) in [6.07, 6.45) is 11.0. The molecule has 1 atom stereocenters. The van der Waals surface area contributed by atoms with Crippen molar-refractivity contribution in [2.24, 2.45) is 0 Å². The minimum absolute atomic E-state index is 0.362. The molecular formula is C16H24N2. The zero-order valence-corrected chi connectivity index (χ0v) is 11.6. The quantitative estimate of drug-likeness (QED) is 0.812. The van der Waals surface area contributed by atoms with Gasteiger partial charge in [0.2, 0.25) is 0 Å². The zero-order valence-electron chi connectivity index (χ0n) is 11.6. The summed E-state index contributed by atoms with van der Waals surface area (Å²) in [6, 6.07) is 4.68. The molecule has 0 aromatic carbocycles. The number of aromatic nitrogens is 1. The van der Waals surface area contributed by atoms with Crippen molar-refractivity contribution < 1.29 is 0 Å². The molecule has 2 rings (SSSR count). The molecule has 1 aromatic heterocycles. The van der Waals surface area contributed by atoms with Gasteiger partial charge in [-0.25, -0.2) is 0 Å². The Labute approximate surface area is 111 Å². The molecule has 1 unspecified atom stereocenters. The highest BCUT2D eigenvalue weighted by Gasteiger charge is 2.16. The number of allylic oxidation sites excluding steroid dienone is 1. The molecule has 1 aliphatic carbocycles. The lowest BCUT2D eigenvalue weighted by molar-refractivity contribution is 0.588. The van der Waals surface area contributed by atoms with Crippen LogP contribution in [0.4, 0.5) is 0 Å². The van der Waals surface area contributed by atoms with Crippen LogP contribution in [0.1, 0.15) is 56.3 Å². The Morgan fingerprint density at radius 3 is 2.89 bits per heavy atom. The largest absolute Gasteiger partial charge is 0.307 e. The van der Waals surface area contributed by atoms with Crippen molar-refractivity contribution in [2.75, 3.05) is 6.54 Å². The molecule has 1 heterocycles. The van der Waals surface area contributed by atoms with E-state index in [9.17, 15) is 0 Å². The van der Waals surface area contributed by atoms with Gasteiger partial charge in [0, 0.05) is 11.9 Å². The molecule has 2 heteroatoms. The normalized spacial score (nSPS) is 18.0. The molecule has 18 heavy (non-hydrogen) atoms. The van der Waals surface area contributed by atoms with E-state index in [1.165, 1.54) is 37.7 Å². The maximum Gasteiger partial charge on any atom is 0.0551 e. The van der Waals surface area contributed by atoms with Gasteiger partial charge in [-0.2, -0.15) is 0 Å². The van der Waals surface area contributed by atoms with Crippen LogP contribution in [0.15, 0.2) is 30.0 Å². The van der Waals surface area contributed by atoms with E-state index in [2.05, 4.69) is 35.4 Å². The Kier molecular flexibility index (Phi) is 4.94. The summed E-state index contributed by atoms with van der Waals surface area (Å²) < 4.78 is 0. The Balaban J connectivity index is 2.21. The van der Waals surface area contributed by atoms with E-state index in [0.29, 0.717) is 6.04 Å². The number of rotatable bonds is 4. The van der Waals surface area contributed by atoms with Gasteiger partial charge in [-0.1, -0.05) is 31.1 Å². The van der Waals surface area contributed by atoms with Crippen LogP contribution < -0.4 is 5.32 Å². The molecule has 0 radical (unpaired) electrons. The first-order valence-electron chi connectivity index (χ1n) is 7.16. The average molecular weight is 244 g/mol. The Hall–Kier alpha value is -1.15. The van der Waals surface area contributed by atoms with Gasteiger partial charge in [0.05, 0.1) is 6.04 Å². The summed E-state index contributed by atoms with van der Waals surface area (Å²) in [5, 5.41) is 3.61. The van der Waals surface area contributed by atoms with E-state index in [1.54, 1.807) is 5.57 Å². The van der Waals surface area contributed by atoms with E-state index >= 15 is 0 Å². The molecule has 1 aromatic rings. The minimum atomic E-state index is 0.362. The van der Waals surface area contributed by atoms with Crippen LogP contribution >= 0.6 is 0 Å². The van der Waals surface area contributed by atoms with Crippen molar-refractivity contribution in [3.05, 3.63) is 41.2 Å². The first-order valence-corrected chi connectivity index (χ1v) is 7.16. The molecule has 98 valence electrons. The number of hydrogen-bond donors (Lipinski definition) is 1. The summed E-state index contributed by atoms with van der Waals surface area (Å²) in [6.45, 7) is 5.21. The SMILES string of the molecule is CCNC(C1=CCCCCC1)c1ccc(C)nc1. The molecule has 0 saturated carbocycles. The van der Waals surface area contributed by atoms with Crippen molar-refractivity contribution >= 4 is 0 Å². The van der Waals surface area contributed by atoms with Crippen molar-refractivity contribution in [3.8, 4) is 0 Å². The second kappa shape index (κ2) is 6.69. The van der Waals surface area contributed by atoms with E-state index in [-0.39, 0.29) is 0 Å². The lowest BCUT2D eigenvalue weighted by Crippen LogP contribution is -2.23. The molecule has 2 nitrogen and oxygen atoms in total. The van der Waals surface area contributed by atoms with Crippen LogP contribution in [0.2, 0.25) is 0 Å². The fourth-order valence-electron chi connectivity index (χ4n) is 2.62. The zero-order chi connectivity index (χ0) is 12.8. The maximum absolute atomic E-state index is 4.43.